The van der Waals surface area contributed by atoms with Crippen molar-refractivity contribution < 1.29 is 14.6 Å². The lowest BCUT2D eigenvalue weighted by atomic mass is 10.1. The van der Waals surface area contributed by atoms with Gasteiger partial charge in [-0.05, 0) is 18.9 Å². The molecule has 1 saturated heterocycles. The molecule has 2 aliphatic rings. The number of nitrogens with one attached hydrogen (secondary N) is 1. The lowest BCUT2D eigenvalue weighted by molar-refractivity contribution is -0.129. The standard InChI is InChI=1S/C20H30N2O3/c23-11-12-25-19-10-6-5-7-16(19)14-21-17-13-20(24)22(15-17)18-8-3-1-2-4-9-18/h5-7,10,17-18,21,23H,1-4,8-9,11-15H2/t17-/m1/s1. The van der Waals surface area contributed by atoms with Gasteiger partial charge in [-0.3, -0.25) is 4.79 Å². The molecule has 2 fully saturated rings. The molecule has 1 amide bonds. The maximum Gasteiger partial charge on any atom is 0.224 e. The van der Waals surface area contributed by atoms with Gasteiger partial charge in [-0.15, -0.1) is 0 Å². The Hall–Kier alpha value is -1.59. The van der Waals surface area contributed by atoms with Crippen LogP contribution >= 0.6 is 0 Å². The largest absolute Gasteiger partial charge is 0.491 e. The summed E-state index contributed by atoms with van der Waals surface area (Å²) in [5, 5.41) is 12.5. The molecule has 25 heavy (non-hydrogen) atoms. The number of carbonyl (C=O) groups is 1. The molecule has 1 aliphatic carbocycles. The molecule has 0 unspecified atom stereocenters. The third-order valence-electron chi connectivity index (χ3n) is 5.33. The van der Waals surface area contributed by atoms with E-state index in [1.54, 1.807) is 0 Å². The average molecular weight is 346 g/mol. The Labute approximate surface area is 150 Å². The lowest BCUT2D eigenvalue weighted by Gasteiger charge is -2.27. The number of hydrogen-bond donors (Lipinski definition) is 2. The smallest absolute Gasteiger partial charge is 0.224 e. The van der Waals surface area contributed by atoms with Crippen LogP contribution in [0.25, 0.3) is 0 Å². The first-order chi connectivity index (χ1) is 12.3. The summed E-state index contributed by atoms with van der Waals surface area (Å²) in [6, 6.07) is 8.52. The van der Waals surface area contributed by atoms with Crippen molar-refractivity contribution in [1.29, 1.82) is 0 Å². The van der Waals surface area contributed by atoms with Gasteiger partial charge in [0.1, 0.15) is 12.4 Å². The average Bonchev–Trinajstić information content (AvgIpc) is 2.83. The van der Waals surface area contributed by atoms with Gasteiger partial charge in [0.05, 0.1) is 6.61 Å². The van der Waals surface area contributed by atoms with E-state index < -0.39 is 0 Å². The highest BCUT2D eigenvalue weighted by atomic mass is 16.5. The molecule has 0 spiro atoms. The number of ether oxygens (including phenoxy) is 1. The van der Waals surface area contributed by atoms with Crippen LogP contribution < -0.4 is 10.1 Å². The number of rotatable bonds is 7. The summed E-state index contributed by atoms with van der Waals surface area (Å²) >= 11 is 0. The zero-order valence-electron chi connectivity index (χ0n) is 15.0. The van der Waals surface area contributed by atoms with E-state index in [0.29, 0.717) is 31.5 Å². The molecule has 3 rings (SSSR count). The highest BCUT2D eigenvalue weighted by Crippen LogP contribution is 2.26. The van der Waals surface area contributed by atoms with Crippen molar-refractivity contribution in [2.75, 3.05) is 19.8 Å². The van der Waals surface area contributed by atoms with E-state index in [1.165, 1.54) is 25.7 Å². The van der Waals surface area contributed by atoms with E-state index >= 15 is 0 Å². The Morgan fingerprint density at radius 3 is 2.68 bits per heavy atom. The van der Waals surface area contributed by atoms with Crippen LogP contribution in [-0.4, -0.2) is 47.8 Å². The molecule has 1 heterocycles. The van der Waals surface area contributed by atoms with Crippen LogP contribution in [0, 0.1) is 0 Å². The molecule has 138 valence electrons. The van der Waals surface area contributed by atoms with Gasteiger partial charge in [0.2, 0.25) is 5.91 Å². The first kappa shape index (κ1) is 18.2. The van der Waals surface area contributed by atoms with Crippen molar-refractivity contribution in [3.8, 4) is 5.75 Å². The van der Waals surface area contributed by atoms with Gasteiger partial charge in [-0.25, -0.2) is 0 Å². The lowest BCUT2D eigenvalue weighted by Crippen LogP contribution is -2.38. The van der Waals surface area contributed by atoms with E-state index in [2.05, 4.69) is 10.2 Å². The summed E-state index contributed by atoms with van der Waals surface area (Å²) in [5.74, 6) is 1.10. The van der Waals surface area contributed by atoms with E-state index in [0.717, 1.165) is 30.7 Å². The molecule has 1 saturated carbocycles. The quantitative estimate of drug-likeness (QED) is 0.745. The van der Waals surface area contributed by atoms with Crippen LogP contribution in [0.2, 0.25) is 0 Å². The molecule has 5 nitrogen and oxygen atoms in total. The Morgan fingerprint density at radius 2 is 1.92 bits per heavy atom. The normalized spacial score (nSPS) is 22.2. The SMILES string of the molecule is O=C1C[C@@H](NCc2ccccc2OCCO)CN1C1CCCCCC1. The fourth-order valence-corrected chi connectivity index (χ4v) is 3.99. The van der Waals surface area contributed by atoms with Crippen LogP contribution in [0.3, 0.4) is 0 Å². The molecular formula is C20H30N2O3. The topological polar surface area (TPSA) is 61.8 Å². The van der Waals surface area contributed by atoms with E-state index in [9.17, 15) is 4.79 Å². The number of hydrogen-bond acceptors (Lipinski definition) is 4. The second kappa shape index (κ2) is 9.20. The summed E-state index contributed by atoms with van der Waals surface area (Å²) in [7, 11) is 0. The minimum Gasteiger partial charge on any atom is -0.491 e. The fraction of sp³-hybridized carbons (Fsp3) is 0.650. The van der Waals surface area contributed by atoms with Crippen molar-refractivity contribution in [3.63, 3.8) is 0 Å². The van der Waals surface area contributed by atoms with Gasteiger partial charge in [-0.1, -0.05) is 43.9 Å². The maximum absolute atomic E-state index is 12.4. The number of aliphatic hydroxyl groups excluding tert-OH is 1. The number of aliphatic hydroxyl groups is 1. The van der Waals surface area contributed by atoms with Gasteiger partial charge >= 0.3 is 0 Å². The summed E-state index contributed by atoms with van der Waals surface area (Å²) in [5.41, 5.74) is 1.07. The number of carbonyl (C=O) groups excluding carboxylic acids is 1. The van der Waals surface area contributed by atoms with E-state index in [1.807, 2.05) is 24.3 Å². The van der Waals surface area contributed by atoms with Gasteiger partial charge in [0.15, 0.2) is 0 Å². The van der Waals surface area contributed by atoms with Gasteiger partial charge in [-0.2, -0.15) is 0 Å². The second-order valence-corrected chi connectivity index (χ2v) is 7.15. The molecule has 2 N–H and O–H groups in total. The molecule has 1 aliphatic heterocycles. The van der Waals surface area contributed by atoms with Crippen molar-refractivity contribution >= 4 is 5.91 Å². The highest BCUT2D eigenvalue weighted by Gasteiger charge is 2.34. The Kier molecular flexibility index (Phi) is 6.70. The summed E-state index contributed by atoms with van der Waals surface area (Å²) in [6.07, 6.45) is 8.04. The number of nitrogens with zero attached hydrogens (tertiary/aromatic N) is 1. The van der Waals surface area contributed by atoms with Crippen molar-refractivity contribution in [1.82, 2.24) is 10.2 Å². The second-order valence-electron chi connectivity index (χ2n) is 7.15. The molecular weight excluding hydrogens is 316 g/mol. The molecule has 0 bridgehead atoms. The number of para-hydroxylation sites is 1. The molecule has 1 aromatic rings. The minimum atomic E-state index is 0.00916. The zero-order chi connectivity index (χ0) is 17.5. The van der Waals surface area contributed by atoms with Crippen LogP contribution in [-0.2, 0) is 11.3 Å². The van der Waals surface area contributed by atoms with Gasteiger partial charge in [0, 0.05) is 37.2 Å². The van der Waals surface area contributed by atoms with Gasteiger partial charge < -0.3 is 20.1 Å². The fourth-order valence-electron chi connectivity index (χ4n) is 3.99. The summed E-state index contributed by atoms with van der Waals surface area (Å²) in [4.78, 5) is 14.6. The molecule has 1 atom stereocenters. The van der Waals surface area contributed by atoms with E-state index in [-0.39, 0.29) is 12.6 Å². The molecule has 1 aromatic carbocycles. The van der Waals surface area contributed by atoms with Crippen LogP contribution in [0.1, 0.15) is 50.5 Å². The number of amides is 1. The van der Waals surface area contributed by atoms with Crippen LogP contribution in [0.5, 0.6) is 5.75 Å². The predicted molar refractivity (Wildman–Crippen MR) is 97.5 cm³/mol. The molecule has 0 radical (unpaired) electrons. The number of benzene rings is 1. The van der Waals surface area contributed by atoms with Crippen molar-refractivity contribution in [3.05, 3.63) is 29.8 Å². The zero-order valence-corrected chi connectivity index (χ0v) is 15.0. The van der Waals surface area contributed by atoms with Crippen molar-refractivity contribution in [2.45, 2.75) is 63.6 Å². The summed E-state index contributed by atoms with van der Waals surface area (Å²) < 4.78 is 5.59. The third kappa shape index (κ3) is 4.95. The van der Waals surface area contributed by atoms with Crippen molar-refractivity contribution in [2.24, 2.45) is 0 Å². The maximum atomic E-state index is 12.4. The van der Waals surface area contributed by atoms with Crippen LogP contribution in [0.4, 0.5) is 0 Å². The number of likely N-dealkylation sites (tertiary alicyclic amines) is 1. The summed E-state index contributed by atoms with van der Waals surface area (Å²) in [6.45, 7) is 1.81. The Morgan fingerprint density at radius 1 is 1.16 bits per heavy atom. The first-order valence-electron chi connectivity index (χ1n) is 9.62. The predicted octanol–water partition coefficient (Wildman–Crippen LogP) is 2.47. The van der Waals surface area contributed by atoms with Gasteiger partial charge in [0.25, 0.3) is 0 Å². The highest BCUT2D eigenvalue weighted by molar-refractivity contribution is 5.79. The Bertz CT molecular complexity index is 556. The third-order valence-corrected chi connectivity index (χ3v) is 5.33. The first-order valence-corrected chi connectivity index (χ1v) is 9.62. The molecule has 0 aromatic heterocycles. The minimum absolute atomic E-state index is 0.00916. The molecule has 5 heteroatoms. The van der Waals surface area contributed by atoms with E-state index in [4.69, 9.17) is 9.84 Å². The monoisotopic (exact) mass is 346 g/mol. The Balaban J connectivity index is 1.53. The van der Waals surface area contributed by atoms with Crippen LogP contribution in [0.15, 0.2) is 24.3 Å².